The fourth-order valence-corrected chi connectivity index (χ4v) is 1.69. The van der Waals surface area contributed by atoms with E-state index < -0.39 is 0 Å². The van der Waals surface area contributed by atoms with E-state index in [2.05, 4.69) is 6.92 Å². The second-order valence-electron chi connectivity index (χ2n) is 3.05. The van der Waals surface area contributed by atoms with Gasteiger partial charge in [0.2, 0.25) is 0 Å². The number of hydrogen-bond donors (Lipinski definition) is 0. The molecule has 1 heterocycles. The van der Waals surface area contributed by atoms with Crippen LogP contribution in [-0.2, 0) is 4.74 Å². The lowest BCUT2D eigenvalue weighted by atomic mass is 9.91. The van der Waals surface area contributed by atoms with Crippen LogP contribution in [0.15, 0.2) is 0 Å². The summed E-state index contributed by atoms with van der Waals surface area (Å²) in [6, 6.07) is 0. The van der Waals surface area contributed by atoms with Gasteiger partial charge in [0.1, 0.15) is 0 Å². The summed E-state index contributed by atoms with van der Waals surface area (Å²) in [6.07, 6.45) is 5.46. The second kappa shape index (κ2) is 1.47. The third kappa shape index (κ3) is 0.576. The van der Waals surface area contributed by atoms with Crippen LogP contribution in [0.25, 0.3) is 0 Å². The molecule has 1 saturated carbocycles. The molecule has 2 aliphatic rings. The van der Waals surface area contributed by atoms with Crippen LogP contribution in [0.1, 0.15) is 26.2 Å². The van der Waals surface area contributed by atoms with E-state index in [0.29, 0.717) is 12.2 Å². The topological polar surface area (TPSA) is 12.5 Å². The van der Waals surface area contributed by atoms with Crippen LogP contribution in [-0.4, -0.2) is 12.2 Å². The minimum absolute atomic E-state index is 0.670. The maximum Gasteiger partial charge on any atom is 0.0867 e. The number of epoxide rings is 1. The standard InChI is InChI=1S/C7H12O/c1-5-3-2-4-6-7(5)8-6/h5-7H,2-4H2,1H3/t5-,6?,7?/m1/s1. The Morgan fingerprint density at radius 1 is 1.38 bits per heavy atom. The van der Waals surface area contributed by atoms with Crippen LogP contribution in [0, 0.1) is 5.92 Å². The van der Waals surface area contributed by atoms with Gasteiger partial charge in [-0.2, -0.15) is 0 Å². The molecule has 1 aliphatic heterocycles. The third-order valence-electron chi connectivity index (χ3n) is 2.33. The molecular weight excluding hydrogens is 100 g/mol. The molecule has 0 radical (unpaired) electrons. The molecule has 0 bridgehead atoms. The Balaban J connectivity index is 1.99. The van der Waals surface area contributed by atoms with Crippen molar-refractivity contribution in [3.8, 4) is 0 Å². The summed E-state index contributed by atoms with van der Waals surface area (Å²) in [5.41, 5.74) is 0. The molecule has 2 unspecified atom stereocenters. The van der Waals surface area contributed by atoms with E-state index in [4.69, 9.17) is 4.74 Å². The van der Waals surface area contributed by atoms with Crippen molar-refractivity contribution >= 4 is 0 Å². The number of fused-ring (bicyclic) bond motifs is 1. The van der Waals surface area contributed by atoms with Crippen LogP contribution in [0.4, 0.5) is 0 Å². The van der Waals surface area contributed by atoms with E-state index in [1.54, 1.807) is 0 Å². The molecule has 0 N–H and O–H groups in total. The third-order valence-corrected chi connectivity index (χ3v) is 2.33. The molecule has 0 aromatic rings. The van der Waals surface area contributed by atoms with Gasteiger partial charge in [-0.3, -0.25) is 0 Å². The predicted octanol–water partition coefficient (Wildman–Crippen LogP) is 1.57. The Labute approximate surface area is 50.0 Å². The smallest absolute Gasteiger partial charge is 0.0867 e. The molecule has 1 saturated heterocycles. The molecular formula is C7H12O. The Bertz CT molecular complexity index is 101. The molecule has 8 heavy (non-hydrogen) atoms. The van der Waals surface area contributed by atoms with Gasteiger partial charge < -0.3 is 4.74 Å². The average Bonchev–Trinajstić information content (AvgIpc) is 2.45. The summed E-state index contributed by atoms with van der Waals surface area (Å²) < 4.78 is 5.39. The zero-order valence-corrected chi connectivity index (χ0v) is 5.26. The molecule has 0 amide bonds. The summed E-state index contributed by atoms with van der Waals surface area (Å²) >= 11 is 0. The summed E-state index contributed by atoms with van der Waals surface area (Å²) in [5, 5.41) is 0. The summed E-state index contributed by atoms with van der Waals surface area (Å²) in [6.45, 7) is 2.30. The minimum atomic E-state index is 0.670. The maximum atomic E-state index is 5.39. The van der Waals surface area contributed by atoms with Crippen molar-refractivity contribution in [2.75, 3.05) is 0 Å². The monoisotopic (exact) mass is 112 g/mol. The maximum absolute atomic E-state index is 5.39. The first kappa shape index (κ1) is 4.80. The van der Waals surface area contributed by atoms with Crippen LogP contribution in [0.5, 0.6) is 0 Å². The highest BCUT2D eigenvalue weighted by Crippen LogP contribution is 2.39. The van der Waals surface area contributed by atoms with Crippen molar-refractivity contribution in [1.82, 2.24) is 0 Å². The SMILES string of the molecule is C[C@@H]1CCCC2OC21. The van der Waals surface area contributed by atoms with Gasteiger partial charge >= 0.3 is 0 Å². The lowest BCUT2D eigenvalue weighted by molar-refractivity contribution is 0.336. The van der Waals surface area contributed by atoms with Crippen molar-refractivity contribution in [1.29, 1.82) is 0 Å². The van der Waals surface area contributed by atoms with Gasteiger partial charge in [0.25, 0.3) is 0 Å². The Kier molecular flexibility index (Phi) is 0.884. The Morgan fingerprint density at radius 2 is 2.25 bits per heavy atom. The van der Waals surface area contributed by atoms with Crippen molar-refractivity contribution < 1.29 is 4.74 Å². The molecule has 0 spiro atoms. The lowest BCUT2D eigenvalue weighted by Crippen LogP contribution is -2.11. The van der Waals surface area contributed by atoms with Gasteiger partial charge in [0.05, 0.1) is 12.2 Å². The average molecular weight is 112 g/mol. The molecule has 1 heteroatoms. The molecule has 0 aromatic heterocycles. The van der Waals surface area contributed by atoms with Crippen LogP contribution in [0.3, 0.4) is 0 Å². The van der Waals surface area contributed by atoms with E-state index >= 15 is 0 Å². The number of hydrogen-bond acceptors (Lipinski definition) is 1. The zero-order chi connectivity index (χ0) is 5.56. The first-order chi connectivity index (χ1) is 3.88. The van der Waals surface area contributed by atoms with Gasteiger partial charge in [-0.1, -0.05) is 13.3 Å². The van der Waals surface area contributed by atoms with Crippen molar-refractivity contribution in [3.05, 3.63) is 0 Å². The highest BCUT2D eigenvalue weighted by molar-refractivity contribution is 4.92. The Hall–Kier alpha value is -0.0400. The van der Waals surface area contributed by atoms with Crippen LogP contribution in [0.2, 0.25) is 0 Å². The Morgan fingerprint density at radius 3 is 2.88 bits per heavy atom. The zero-order valence-electron chi connectivity index (χ0n) is 5.26. The van der Waals surface area contributed by atoms with E-state index in [1.807, 2.05) is 0 Å². The first-order valence-corrected chi connectivity index (χ1v) is 3.53. The van der Waals surface area contributed by atoms with Gasteiger partial charge in [0.15, 0.2) is 0 Å². The van der Waals surface area contributed by atoms with Crippen LogP contribution >= 0.6 is 0 Å². The number of rotatable bonds is 0. The molecule has 2 fully saturated rings. The summed E-state index contributed by atoms with van der Waals surface area (Å²) in [4.78, 5) is 0. The van der Waals surface area contributed by atoms with Gasteiger partial charge in [0, 0.05) is 0 Å². The fourth-order valence-electron chi connectivity index (χ4n) is 1.69. The van der Waals surface area contributed by atoms with Crippen molar-refractivity contribution in [3.63, 3.8) is 0 Å². The largest absolute Gasteiger partial charge is 0.369 e. The quantitative estimate of drug-likeness (QED) is 0.433. The molecule has 1 aliphatic carbocycles. The van der Waals surface area contributed by atoms with E-state index in [1.165, 1.54) is 19.3 Å². The summed E-state index contributed by atoms with van der Waals surface area (Å²) in [7, 11) is 0. The van der Waals surface area contributed by atoms with Crippen molar-refractivity contribution in [2.24, 2.45) is 5.92 Å². The first-order valence-electron chi connectivity index (χ1n) is 3.53. The lowest BCUT2D eigenvalue weighted by Gasteiger charge is -2.10. The predicted molar refractivity (Wildman–Crippen MR) is 31.7 cm³/mol. The molecule has 0 aromatic carbocycles. The van der Waals surface area contributed by atoms with Gasteiger partial charge in [-0.05, 0) is 18.8 Å². The molecule has 46 valence electrons. The fraction of sp³-hybridized carbons (Fsp3) is 1.00. The normalized spacial score (nSPS) is 52.9. The molecule has 3 atom stereocenters. The van der Waals surface area contributed by atoms with Gasteiger partial charge in [-0.15, -0.1) is 0 Å². The highest BCUT2D eigenvalue weighted by atomic mass is 16.6. The van der Waals surface area contributed by atoms with E-state index in [0.717, 1.165) is 5.92 Å². The van der Waals surface area contributed by atoms with Gasteiger partial charge in [-0.25, -0.2) is 0 Å². The van der Waals surface area contributed by atoms with E-state index in [-0.39, 0.29) is 0 Å². The minimum Gasteiger partial charge on any atom is -0.369 e. The summed E-state index contributed by atoms with van der Waals surface area (Å²) in [5.74, 6) is 0.855. The van der Waals surface area contributed by atoms with Crippen LogP contribution < -0.4 is 0 Å². The van der Waals surface area contributed by atoms with Crippen molar-refractivity contribution in [2.45, 2.75) is 38.4 Å². The molecule has 2 rings (SSSR count). The van der Waals surface area contributed by atoms with E-state index in [9.17, 15) is 0 Å². The molecule has 1 nitrogen and oxygen atoms in total. The number of ether oxygens (including phenoxy) is 1. The second-order valence-corrected chi connectivity index (χ2v) is 3.05. The highest BCUT2D eigenvalue weighted by Gasteiger charge is 2.44.